The summed E-state index contributed by atoms with van der Waals surface area (Å²) in [5, 5.41) is 2.73. The van der Waals surface area contributed by atoms with Crippen molar-refractivity contribution < 1.29 is 4.79 Å². The van der Waals surface area contributed by atoms with Crippen molar-refractivity contribution in [1.29, 1.82) is 0 Å². The summed E-state index contributed by atoms with van der Waals surface area (Å²) in [4.78, 5) is 15.2. The Morgan fingerprint density at radius 1 is 1.54 bits per heavy atom. The lowest BCUT2D eigenvalue weighted by Gasteiger charge is -2.02. The zero-order chi connectivity index (χ0) is 9.26. The van der Waals surface area contributed by atoms with E-state index in [4.69, 9.17) is 5.73 Å². The van der Waals surface area contributed by atoms with E-state index < -0.39 is 0 Å². The molecule has 0 aromatic carbocycles. The maximum Gasteiger partial charge on any atom is 0.228 e. The molecule has 13 heavy (non-hydrogen) atoms. The second-order valence-electron chi connectivity index (χ2n) is 3.24. The number of pyridine rings is 1. The van der Waals surface area contributed by atoms with E-state index in [0.717, 1.165) is 12.8 Å². The Kier molecular flexibility index (Phi) is 1.88. The summed E-state index contributed by atoms with van der Waals surface area (Å²) < 4.78 is 0. The fourth-order valence-corrected chi connectivity index (χ4v) is 1.05. The molecule has 2 rings (SSSR count). The molecule has 1 fully saturated rings. The van der Waals surface area contributed by atoms with Gasteiger partial charge in [0.1, 0.15) is 5.82 Å². The molecule has 1 aromatic heterocycles. The van der Waals surface area contributed by atoms with Gasteiger partial charge in [-0.15, -0.1) is 0 Å². The van der Waals surface area contributed by atoms with Crippen molar-refractivity contribution in [2.75, 3.05) is 11.1 Å². The van der Waals surface area contributed by atoms with Crippen molar-refractivity contribution in [2.24, 2.45) is 5.92 Å². The van der Waals surface area contributed by atoms with Gasteiger partial charge in [0.15, 0.2) is 0 Å². The third-order valence-electron chi connectivity index (χ3n) is 1.99. The average molecular weight is 177 g/mol. The molecule has 0 saturated heterocycles. The van der Waals surface area contributed by atoms with Gasteiger partial charge in [0.25, 0.3) is 0 Å². The van der Waals surface area contributed by atoms with Gasteiger partial charge >= 0.3 is 0 Å². The molecule has 1 saturated carbocycles. The van der Waals surface area contributed by atoms with Gasteiger partial charge in [-0.1, -0.05) is 0 Å². The number of aromatic nitrogens is 1. The Bertz CT molecular complexity index is 316. The molecule has 1 aromatic rings. The Morgan fingerprint density at radius 3 is 2.85 bits per heavy atom. The minimum Gasteiger partial charge on any atom is -0.397 e. The molecule has 0 unspecified atom stereocenters. The monoisotopic (exact) mass is 177 g/mol. The van der Waals surface area contributed by atoms with Crippen LogP contribution in [0.4, 0.5) is 11.5 Å². The van der Waals surface area contributed by atoms with Crippen LogP contribution in [0.15, 0.2) is 18.3 Å². The molecule has 4 nitrogen and oxygen atoms in total. The van der Waals surface area contributed by atoms with Crippen LogP contribution >= 0.6 is 0 Å². The summed E-state index contributed by atoms with van der Waals surface area (Å²) in [5.74, 6) is 0.850. The number of carbonyl (C=O) groups is 1. The van der Waals surface area contributed by atoms with E-state index in [2.05, 4.69) is 10.3 Å². The van der Waals surface area contributed by atoms with Gasteiger partial charge in [0, 0.05) is 5.92 Å². The van der Waals surface area contributed by atoms with Crippen LogP contribution in [0.5, 0.6) is 0 Å². The third kappa shape index (κ3) is 1.96. The highest BCUT2D eigenvalue weighted by Crippen LogP contribution is 2.29. The number of nitrogen functional groups attached to an aromatic ring is 1. The second kappa shape index (κ2) is 3.05. The Hall–Kier alpha value is -1.58. The summed E-state index contributed by atoms with van der Waals surface area (Å²) in [6.45, 7) is 0. The molecule has 0 bridgehead atoms. The van der Waals surface area contributed by atoms with E-state index >= 15 is 0 Å². The molecular weight excluding hydrogens is 166 g/mol. The fraction of sp³-hybridized carbons (Fsp3) is 0.333. The van der Waals surface area contributed by atoms with Crippen LogP contribution in [0.3, 0.4) is 0 Å². The Labute approximate surface area is 76.2 Å². The molecule has 4 heteroatoms. The normalized spacial score (nSPS) is 15.4. The van der Waals surface area contributed by atoms with Crippen LogP contribution in [0, 0.1) is 5.92 Å². The van der Waals surface area contributed by atoms with Crippen LogP contribution < -0.4 is 11.1 Å². The maximum atomic E-state index is 11.3. The van der Waals surface area contributed by atoms with Crippen molar-refractivity contribution in [3.05, 3.63) is 18.3 Å². The number of anilines is 2. The average Bonchev–Trinajstić information content (AvgIpc) is 2.91. The smallest absolute Gasteiger partial charge is 0.228 e. The van der Waals surface area contributed by atoms with Gasteiger partial charge in [0.2, 0.25) is 5.91 Å². The summed E-state index contributed by atoms with van der Waals surface area (Å²) >= 11 is 0. The van der Waals surface area contributed by atoms with Gasteiger partial charge in [-0.3, -0.25) is 4.79 Å². The standard InChI is InChI=1S/C9H11N3O/c10-7-3-4-8(11-5-7)12-9(13)6-1-2-6/h3-6H,1-2,10H2,(H,11,12,13). The van der Waals surface area contributed by atoms with E-state index in [9.17, 15) is 4.79 Å². The minimum atomic E-state index is 0.0669. The van der Waals surface area contributed by atoms with Crippen molar-refractivity contribution in [1.82, 2.24) is 4.98 Å². The van der Waals surface area contributed by atoms with Gasteiger partial charge in [-0.05, 0) is 25.0 Å². The molecule has 1 heterocycles. The number of hydrogen-bond acceptors (Lipinski definition) is 3. The number of nitrogens with one attached hydrogen (secondary N) is 1. The maximum absolute atomic E-state index is 11.3. The number of carbonyl (C=O) groups excluding carboxylic acids is 1. The van der Waals surface area contributed by atoms with Crippen molar-refractivity contribution in [3.63, 3.8) is 0 Å². The molecule has 0 spiro atoms. The molecule has 1 aliphatic rings. The van der Waals surface area contributed by atoms with Crippen molar-refractivity contribution in [2.45, 2.75) is 12.8 Å². The van der Waals surface area contributed by atoms with Crippen LogP contribution in [0.1, 0.15) is 12.8 Å². The summed E-state index contributed by atoms with van der Waals surface area (Å²) in [6.07, 6.45) is 3.53. The van der Waals surface area contributed by atoms with E-state index in [1.54, 1.807) is 12.1 Å². The van der Waals surface area contributed by atoms with Crippen molar-refractivity contribution in [3.8, 4) is 0 Å². The largest absolute Gasteiger partial charge is 0.397 e. The number of hydrogen-bond donors (Lipinski definition) is 2. The Balaban J connectivity index is 2.00. The third-order valence-corrected chi connectivity index (χ3v) is 1.99. The number of nitrogens with two attached hydrogens (primary N) is 1. The summed E-state index contributed by atoms with van der Waals surface area (Å²) in [5.41, 5.74) is 6.06. The summed E-state index contributed by atoms with van der Waals surface area (Å²) in [7, 11) is 0. The van der Waals surface area contributed by atoms with Crippen LogP contribution in [-0.4, -0.2) is 10.9 Å². The first-order chi connectivity index (χ1) is 6.25. The van der Waals surface area contributed by atoms with Crippen molar-refractivity contribution >= 4 is 17.4 Å². The first-order valence-electron chi connectivity index (χ1n) is 4.28. The molecule has 1 amide bonds. The van der Waals surface area contributed by atoms with E-state index in [-0.39, 0.29) is 11.8 Å². The first kappa shape index (κ1) is 8.04. The zero-order valence-corrected chi connectivity index (χ0v) is 7.16. The molecule has 3 N–H and O–H groups in total. The van der Waals surface area contributed by atoms with Gasteiger partial charge in [-0.2, -0.15) is 0 Å². The molecule has 68 valence electrons. The molecule has 0 radical (unpaired) electrons. The number of rotatable bonds is 2. The highest BCUT2D eigenvalue weighted by molar-refractivity contribution is 5.93. The molecular formula is C9H11N3O. The highest BCUT2D eigenvalue weighted by atomic mass is 16.2. The predicted molar refractivity (Wildman–Crippen MR) is 50.0 cm³/mol. The molecule has 0 atom stereocenters. The molecule has 0 aliphatic heterocycles. The number of nitrogens with zero attached hydrogens (tertiary/aromatic N) is 1. The Morgan fingerprint density at radius 2 is 2.31 bits per heavy atom. The van der Waals surface area contributed by atoms with E-state index in [1.807, 2.05) is 0 Å². The zero-order valence-electron chi connectivity index (χ0n) is 7.16. The quantitative estimate of drug-likeness (QED) is 0.708. The lowest BCUT2D eigenvalue weighted by Crippen LogP contribution is -2.14. The number of amides is 1. The van der Waals surface area contributed by atoms with E-state index in [1.165, 1.54) is 6.20 Å². The minimum absolute atomic E-state index is 0.0669. The fourth-order valence-electron chi connectivity index (χ4n) is 1.05. The lowest BCUT2D eigenvalue weighted by molar-refractivity contribution is -0.117. The van der Waals surface area contributed by atoms with Crippen LogP contribution in [0.25, 0.3) is 0 Å². The SMILES string of the molecule is Nc1ccc(NC(=O)C2CC2)nc1. The van der Waals surface area contributed by atoms with Gasteiger partial charge in [-0.25, -0.2) is 4.98 Å². The van der Waals surface area contributed by atoms with E-state index in [0.29, 0.717) is 11.5 Å². The molecule has 1 aliphatic carbocycles. The van der Waals surface area contributed by atoms with Crippen LogP contribution in [0.2, 0.25) is 0 Å². The highest BCUT2D eigenvalue weighted by Gasteiger charge is 2.29. The second-order valence-corrected chi connectivity index (χ2v) is 3.24. The van der Waals surface area contributed by atoms with Gasteiger partial charge in [0.05, 0.1) is 11.9 Å². The first-order valence-corrected chi connectivity index (χ1v) is 4.28. The lowest BCUT2D eigenvalue weighted by atomic mass is 10.3. The van der Waals surface area contributed by atoms with Gasteiger partial charge < -0.3 is 11.1 Å². The summed E-state index contributed by atoms with van der Waals surface area (Å²) in [6, 6.07) is 3.42. The van der Waals surface area contributed by atoms with Crippen LogP contribution in [-0.2, 0) is 4.79 Å². The predicted octanol–water partition coefficient (Wildman–Crippen LogP) is 1.01. The topological polar surface area (TPSA) is 68.0 Å².